The van der Waals surface area contributed by atoms with Crippen molar-refractivity contribution < 1.29 is 9.53 Å². The van der Waals surface area contributed by atoms with Gasteiger partial charge >= 0.3 is 0 Å². The van der Waals surface area contributed by atoms with Gasteiger partial charge < -0.3 is 10.1 Å². The molecule has 0 unspecified atom stereocenters. The molecule has 0 spiro atoms. The molecule has 5 heteroatoms. The molecule has 110 valence electrons. The van der Waals surface area contributed by atoms with E-state index in [-0.39, 0.29) is 5.91 Å². The highest BCUT2D eigenvalue weighted by Crippen LogP contribution is 2.27. The van der Waals surface area contributed by atoms with E-state index in [1.807, 2.05) is 24.3 Å². The van der Waals surface area contributed by atoms with Crippen LogP contribution >= 0.6 is 23.2 Å². The van der Waals surface area contributed by atoms with Gasteiger partial charge in [-0.3, -0.25) is 4.79 Å². The Kier molecular flexibility index (Phi) is 5.48. The Bertz CT molecular complexity index is 627. The Labute approximate surface area is 133 Å². The number of carbonyl (C=O) groups excluding carboxylic acids is 1. The molecule has 0 saturated carbocycles. The van der Waals surface area contributed by atoms with Crippen LogP contribution in [0.3, 0.4) is 0 Å². The molecule has 1 N–H and O–H groups in total. The van der Waals surface area contributed by atoms with Crippen LogP contribution in [-0.4, -0.2) is 13.0 Å². The third-order valence-corrected chi connectivity index (χ3v) is 3.54. The van der Waals surface area contributed by atoms with E-state index in [0.29, 0.717) is 34.3 Å². The Morgan fingerprint density at radius 2 is 1.86 bits per heavy atom. The fraction of sp³-hybridized carbons (Fsp3) is 0.188. The molecule has 0 radical (unpaired) electrons. The third kappa shape index (κ3) is 4.66. The lowest BCUT2D eigenvalue weighted by Gasteiger charge is -2.08. The topological polar surface area (TPSA) is 38.3 Å². The summed E-state index contributed by atoms with van der Waals surface area (Å²) in [6, 6.07) is 12.6. The molecule has 0 aromatic heterocycles. The van der Waals surface area contributed by atoms with Crippen LogP contribution in [0.1, 0.15) is 12.0 Å². The maximum absolute atomic E-state index is 11.9. The lowest BCUT2D eigenvalue weighted by molar-refractivity contribution is -0.116. The Hall–Kier alpha value is -1.71. The van der Waals surface area contributed by atoms with Gasteiger partial charge in [0.25, 0.3) is 0 Å². The molecule has 0 aliphatic carbocycles. The van der Waals surface area contributed by atoms with E-state index in [1.165, 1.54) is 0 Å². The zero-order valence-corrected chi connectivity index (χ0v) is 13.0. The van der Waals surface area contributed by atoms with Gasteiger partial charge in [0.1, 0.15) is 5.75 Å². The molecule has 0 aliphatic rings. The van der Waals surface area contributed by atoms with Crippen molar-refractivity contribution >= 4 is 34.8 Å². The van der Waals surface area contributed by atoms with Crippen molar-refractivity contribution in [2.45, 2.75) is 12.8 Å². The quantitative estimate of drug-likeness (QED) is 0.875. The summed E-state index contributed by atoms with van der Waals surface area (Å²) in [5.74, 6) is 0.516. The fourth-order valence-electron chi connectivity index (χ4n) is 1.88. The average molecular weight is 324 g/mol. The Morgan fingerprint density at radius 3 is 2.48 bits per heavy atom. The van der Waals surface area contributed by atoms with Crippen molar-refractivity contribution in [1.29, 1.82) is 0 Å². The number of amides is 1. The first-order chi connectivity index (χ1) is 10.1. The smallest absolute Gasteiger partial charge is 0.224 e. The number of methoxy groups -OCH3 is 1. The Morgan fingerprint density at radius 1 is 1.14 bits per heavy atom. The van der Waals surface area contributed by atoms with Crippen molar-refractivity contribution in [2.75, 3.05) is 12.4 Å². The van der Waals surface area contributed by atoms with E-state index >= 15 is 0 Å². The van der Waals surface area contributed by atoms with Gasteiger partial charge in [-0.2, -0.15) is 0 Å². The standard InChI is InChI=1S/C16H15Cl2NO2/c1-21-15-8-7-13(10-14(15)18)19-16(20)9-4-11-2-5-12(17)6-3-11/h2-3,5-8,10H,4,9H2,1H3,(H,19,20). The summed E-state index contributed by atoms with van der Waals surface area (Å²) in [7, 11) is 1.55. The van der Waals surface area contributed by atoms with Gasteiger partial charge in [-0.25, -0.2) is 0 Å². The van der Waals surface area contributed by atoms with E-state index in [4.69, 9.17) is 27.9 Å². The van der Waals surface area contributed by atoms with Gasteiger partial charge in [0.2, 0.25) is 5.91 Å². The molecule has 0 bridgehead atoms. The van der Waals surface area contributed by atoms with Crippen LogP contribution in [0.15, 0.2) is 42.5 Å². The van der Waals surface area contributed by atoms with Crippen LogP contribution in [0.4, 0.5) is 5.69 Å². The van der Waals surface area contributed by atoms with E-state index in [1.54, 1.807) is 25.3 Å². The zero-order chi connectivity index (χ0) is 15.2. The predicted molar refractivity (Wildman–Crippen MR) is 86.4 cm³/mol. The number of nitrogens with one attached hydrogen (secondary N) is 1. The van der Waals surface area contributed by atoms with Crippen LogP contribution < -0.4 is 10.1 Å². The summed E-state index contributed by atoms with van der Waals surface area (Å²) >= 11 is 11.8. The summed E-state index contributed by atoms with van der Waals surface area (Å²) in [5, 5.41) is 3.97. The maximum Gasteiger partial charge on any atom is 0.224 e. The molecule has 2 aromatic rings. The molecule has 0 atom stereocenters. The van der Waals surface area contributed by atoms with Crippen molar-refractivity contribution in [3.63, 3.8) is 0 Å². The van der Waals surface area contributed by atoms with Gasteiger partial charge in [-0.05, 0) is 42.3 Å². The van der Waals surface area contributed by atoms with Crippen LogP contribution in [0.2, 0.25) is 10.0 Å². The molecule has 1 amide bonds. The second kappa shape index (κ2) is 7.34. The molecule has 3 nitrogen and oxygen atoms in total. The maximum atomic E-state index is 11.9. The van der Waals surface area contributed by atoms with Crippen molar-refractivity contribution in [1.82, 2.24) is 0 Å². The van der Waals surface area contributed by atoms with Gasteiger partial charge in [-0.15, -0.1) is 0 Å². The van der Waals surface area contributed by atoms with E-state index in [0.717, 1.165) is 5.56 Å². The number of halogens is 2. The number of benzene rings is 2. The van der Waals surface area contributed by atoms with Crippen molar-refractivity contribution in [3.8, 4) is 5.75 Å². The van der Waals surface area contributed by atoms with Gasteiger partial charge in [0.05, 0.1) is 12.1 Å². The lowest BCUT2D eigenvalue weighted by atomic mass is 10.1. The largest absolute Gasteiger partial charge is 0.495 e. The Balaban J connectivity index is 1.89. The SMILES string of the molecule is COc1ccc(NC(=O)CCc2ccc(Cl)cc2)cc1Cl. The summed E-state index contributed by atoms with van der Waals surface area (Å²) in [4.78, 5) is 11.9. The molecule has 0 fully saturated rings. The first-order valence-electron chi connectivity index (χ1n) is 6.46. The molecule has 2 aromatic carbocycles. The average Bonchev–Trinajstić information content (AvgIpc) is 2.47. The third-order valence-electron chi connectivity index (χ3n) is 2.99. The minimum absolute atomic E-state index is 0.0637. The number of hydrogen-bond donors (Lipinski definition) is 1. The molecule has 2 rings (SSSR count). The predicted octanol–water partition coefficient (Wildman–Crippen LogP) is 4.57. The summed E-state index contributed by atoms with van der Waals surface area (Å²) in [6.45, 7) is 0. The minimum atomic E-state index is -0.0637. The first kappa shape index (κ1) is 15.7. The highest BCUT2D eigenvalue weighted by Gasteiger charge is 2.06. The number of ether oxygens (including phenoxy) is 1. The molecule has 0 heterocycles. The highest BCUT2D eigenvalue weighted by atomic mass is 35.5. The second-order valence-electron chi connectivity index (χ2n) is 4.52. The van der Waals surface area contributed by atoms with Gasteiger partial charge in [0, 0.05) is 17.1 Å². The number of hydrogen-bond acceptors (Lipinski definition) is 2. The summed E-state index contributed by atoms with van der Waals surface area (Å²) in [6.07, 6.45) is 1.05. The van der Waals surface area contributed by atoms with Crippen LogP contribution in [0.5, 0.6) is 5.75 Å². The van der Waals surface area contributed by atoms with Gasteiger partial charge in [-0.1, -0.05) is 35.3 Å². The fourth-order valence-corrected chi connectivity index (χ4v) is 2.26. The first-order valence-corrected chi connectivity index (χ1v) is 7.22. The zero-order valence-electron chi connectivity index (χ0n) is 11.5. The van der Waals surface area contributed by atoms with Crippen LogP contribution in [-0.2, 0) is 11.2 Å². The minimum Gasteiger partial charge on any atom is -0.495 e. The number of anilines is 1. The normalized spacial score (nSPS) is 10.2. The van der Waals surface area contributed by atoms with Crippen LogP contribution in [0, 0.1) is 0 Å². The van der Waals surface area contributed by atoms with E-state index in [2.05, 4.69) is 5.32 Å². The highest BCUT2D eigenvalue weighted by molar-refractivity contribution is 6.32. The summed E-state index contributed by atoms with van der Waals surface area (Å²) in [5.41, 5.74) is 1.73. The van der Waals surface area contributed by atoms with Gasteiger partial charge in [0.15, 0.2) is 0 Å². The molecular formula is C16H15Cl2NO2. The van der Waals surface area contributed by atoms with E-state index in [9.17, 15) is 4.79 Å². The molecular weight excluding hydrogens is 309 g/mol. The number of carbonyl (C=O) groups is 1. The van der Waals surface area contributed by atoms with Crippen LogP contribution in [0.25, 0.3) is 0 Å². The number of aryl methyl sites for hydroxylation is 1. The van der Waals surface area contributed by atoms with Crippen molar-refractivity contribution in [3.05, 3.63) is 58.1 Å². The lowest BCUT2D eigenvalue weighted by Crippen LogP contribution is -2.12. The molecule has 0 saturated heterocycles. The van der Waals surface area contributed by atoms with Crippen molar-refractivity contribution in [2.24, 2.45) is 0 Å². The molecule has 0 aliphatic heterocycles. The second-order valence-corrected chi connectivity index (χ2v) is 5.37. The van der Waals surface area contributed by atoms with E-state index < -0.39 is 0 Å². The number of rotatable bonds is 5. The molecule has 21 heavy (non-hydrogen) atoms. The monoisotopic (exact) mass is 323 g/mol. The summed E-state index contributed by atoms with van der Waals surface area (Å²) < 4.78 is 5.06.